The quantitative estimate of drug-likeness (QED) is 0.577. The lowest BCUT2D eigenvalue weighted by Gasteiger charge is -2.37. The summed E-state index contributed by atoms with van der Waals surface area (Å²) in [7, 11) is 0. The molecule has 1 atom stereocenters. The Morgan fingerprint density at radius 3 is 2.63 bits per heavy atom. The molecule has 2 aromatic rings. The smallest absolute Gasteiger partial charge is 0.149 e. The molecule has 2 aromatic carbocycles. The van der Waals surface area contributed by atoms with Crippen LogP contribution in [0.15, 0.2) is 59.7 Å². The highest BCUT2D eigenvalue weighted by Crippen LogP contribution is 2.46. The molecule has 1 saturated heterocycles. The Bertz CT molecular complexity index is 1150. The molecule has 2 heterocycles. The number of rotatable bonds is 8. The Labute approximate surface area is 205 Å². The van der Waals surface area contributed by atoms with Crippen LogP contribution >= 0.6 is 0 Å². The van der Waals surface area contributed by atoms with Crippen LogP contribution in [0.5, 0.6) is 11.5 Å². The van der Waals surface area contributed by atoms with Gasteiger partial charge in [-0.1, -0.05) is 24.3 Å². The number of alkyl halides is 1. The minimum Gasteiger partial charge on any atom is -0.492 e. The maximum Gasteiger partial charge on any atom is 0.149 e. The van der Waals surface area contributed by atoms with E-state index in [9.17, 15) is 14.3 Å². The van der Waals surface area contributed by atoms with E-state index in [0.29, 0.717) is 25.9 Å². The van der Waals surface area contributed by atoms with E-state index in [1.165, 1.54) is 0 Å². The van der Waals surface area contributed by atoms with Gasteiger partial charge >= 0.3 is 0 Å². The van der Waals surface area contributed by atoms with Crippen molar-refractivity contribution in [3.05, 3.63) is 76.4 Å². The number of fused-ring (bicyclic) bond motifs is 1. The lowest BCUT2D eigenvalue weighted by Crippen LogP contribution is -2.49. The molecule has 1 aliphatic carbocycles. The van der Waals surface area contributed by atoms with Gasteiger partial charge in [0.05, 0.1) is 13.3 Å². The zero-order valence-electron chi connectivity index (χ0n) is 20.1. The van der Waals surface area contributed by atoms with Crippen LogP contribution in [0.1, 0.15) is 49.0 Å². The molecule has 1 unspecified atom stereocenters. The Kier molecular flexibility index (Phi) is 7.02. The van der Waals surface area contributed by atoms with Crippen LogP contribution in [0.4, 0.5) is 4.39 Å². The van der Waals surface area contributed by atoms with Gasteiger partial charge in [0.15, 0.2) is 0 Å². The van der Waals surface area contributed by atoms with Gasteiger partial charge in [-0.2, -0.15) is 0 Å². The number of hydrogen-bond donors (Lipinski definition) is 1. The van der Waals surface area contributed by atoms with Crippen molar-refractivity contribution in [3.63, 3.8) is 0 Å². The van der Waals surface area contributed by atoms with E-state index in [2.05, 4.69) is 11.8 Å². The molecular weight excluding hydrogens is 445 g/mol. The van der Waals surface area contributed by atoms with E-state index in [1.807, 2.05) is 48.5 Å². The van der Waals surface area contributed by atoms with Crippen LogP contribution in [0.2, 0.25) is 0 Å². The Hall–Kier alpha value is -2.96. The first kappa shape index (κ1) is 23.8. The molecular formula is C29H32FNO4. The van der Waals surface area contributed by atoms with Crippen molar-refractivity contribution in [1.82, 2.24) is 4.90 Å². The lowest BCUT2D eigenvalue weighted by molar-refractivity contribution is -0.118. The molecule has 3 aliphatic rings. The summed E-state index contributed by atoms with van der Waals surface area (Å²) in [6.07, 6.45) is 3.48. The van der Waals surface area contributed by atoms with Gasteiger partial charge in [-0.15, -0.1) is 0 Å². The predicted molar refractivity (Wildman–Crippen MR) is 133 cm³/mol. The van der Waals surface area contributed by atoms with E-state index in [1.54, 1.807) is 0 Å². The van der Waals surface area contributed by atoms with Crippen molar-refractivity contribution in [3.8, 4) is 11.5 Å². The normalized spacial score (nSPS) is 20.7. The summed E-state index contributed by atoms with van der Waals surface area (Å²) >= 11 is 0. The largest absolute Gasteiger partial charge is 0.492 e. The zero-order chi connectivity index (χ0) is 24.4. The van der Waals surface area contributed by atoms with Crippen molar-refractivity contribution in [2.24, 2.45) is 5.92 Å². The molecule has 0 spiro atoms. The first-order valence-electron chi connectivity index (χ1n) is 12.4. The second-order valence-electron chi connectivity index (χ2n) is 9.69. The molecule has 1 fully saturated rings. The highest BCUT2D eigenvalue weighted by molar-refractivity contribution is 5.84. The average molecular weight is 478 g/mol. The second-order valence-corrected chi connectivity index (χ2v) is 9.69. The van der Waals surface area contributed by atoms with E-state index >= 15 is 0 Å². The minimum absolute atomic E-state index is 0.0217. The van der Waals surface area contributed by atoms with Crippen molar-refractivity contribution in [2.75, 3.05) is 32.9 Å². The predicted octanol–water partition coefficient (Wildman–Crippen LogP) is 5.05. The van der Waals surface area contributed by atoms with Gasteiger partial charge in [0.1, 0.15) is 30.0 Å². The number of halogens is 1. The zero-order valence-corrected chi connectivity index (χ0v) is 20.1. The van der Waals surface area contributed by atoms with Gasteiger partial charge in [-0.25, -0.2) is 0 Å². The van der Waals surface area contributed by atoms with Crippen molar-refractivity contribution in [1.29, 1.82) is 0 Å². The van der Waals surface area contributed by atoms with Gasteiger partial charge in [-0.05, 0) is 59.9 Å². The first-order chi connectivity index (χ1) is 17.1. The Morgan fingerprint density at radius 2 is 1.94 bits per heavy atom. The van der Waals surface area contributed by atoms with Crippen LogP contribution in [-0.4, -0.2) is 48.7 Å². The molecule has 0 amide bonds. The Balaban J connectivity index is 1.36. The van der Waals surface area contributed by atoms with Gasteiger partial charge in [0.25, 0.3) is 0 Å². The summed E-state index contributed by atoms with van der Waals surface area (Å²) in [5.74, 6) is 2.05. The highest BCUT2D eigenvalue weighted by atomic mass is 19.1. The van der Waals surface area contributed by atoms with Crippen molar-refractivity contribution < 1.29 is 23.8 Å². The van der Waals surface area contributed by atoms with Crippen molar-refractivity contribution >= 4 is 11.4 Å². The molecule has 2 aliphatic heterocycles. The fourth-order valence-electron chi connectivity index (χ4n) is 5.19. The summed E-state index contributed by atoms with van der Waals surface area (Å²) in [5.41, 5.74) is 6.24. The number of aliphatic hydroxyl groups is 1. The standard InChI is InChI=1S/C29H32FNO4/c1-19-26-14-20(18-32)2-11-27(26)35-29(28(19)22-3-7-24(33)8-4-22)23-5-9-25(10-6-23)34-13-12-31-16-21(15-30)17-31/h2-3,5-6,9-11,14,21,29,32H,4,7-8,12-13,15-18H2,1H3. The number of ether oxygens (including phenoxy) is 2. The molecule has 0 saturated carbocycles. The third kappa shape index (κ3) is 5.04. The number of carbonyl (C=O) groups excluding carboxylic acids is 1. The number of allylic oxidation sites excluding steroid dienone is 2. The molecule has 5 rings (SSSR count). The maximum atomic E-state index is 12.6. The SMILES string of the molecule is CC1=C(C2=CCC(=O)CC2)C(c2ccc(OCCN3CC(CF)C3)cc2)Oc2ccc(CO)cc21. The number of benzene rings is 2. The van der Waals surface area contributed by atoms with E-state index in [0.717, 1.165) is 64.5 Å². The van der Waals surface area contributed by atoms with Crippen LogP contribution in [0, 0.1) is 5.92 Å². The monoisotopic (exact) mass is 477 g/mol. The van der Waals surface area contributed by atoms with Crippen LogP contribution < -0.4 is 9.47 Å². The summed E-state index contributed by atoms with van der Waals surface area (Å²) in [5, 5.41) is 9.62. The fraction of sp³-hybridized carbons (Fsp3) is 0.414. The Morgan fingerprint density at radius 1 is 1.14 bits per heavy atom. The summed E-state index contributed by atoms with van der Waals surface area (Å²) < 4.78 is 25.0. The highest BCUT2D eigenvalue weighted by Gasteiger charge is 2.31. The van der Waals surface area contributed by atoms with E-state index in [-0.39, 0.29) is 31.1 Å². The summed E-state index contributed by atoms with van der Waals surface area (Å²) in [6, 6.07) is 13.8. The molecule has 0 bridgehead atoms. The average Bonchev–Trinajstić information content (AvgIpc) is 2.86. The fourth-order valence-corrected chi connectivity index (χ4v) is 5.19. The number of hydrogen-bond acceptors (Lipinski definition) is 5. The van der Waals surface area contributed by atoms with E-state index in [4.69, 9.17) is 9.47 Å². The van der Waals surface area contributed by atoms with Gasteiger partial charge in [-0.3, -0.25) is 14.1 Å². The van der Waals surface area contributed by atoms with Gasteiger partial charge in [0.2, 0.25) is 0 Å². The lowest BCUT2D eigenvalue weighted by atomic mass is 9.81. The number of nitrogens with zero attached hydrogens (tertiary/aromatic N) is 1. The van der Waals surface area contributed by atoms with Crippen molar-refractivity contribution in [2.45, 2.75) is 38.9 Å². The number of aliphatic hydroxyl groups excluding tert-OH is 1. The molecule has 35 heavy (non-hydrogen) atoms. The van der Waals surface area contributed by atoms with E-state index < -0.39 is 0 Å². The third-order valence-electron chi connectivity index (χ3n) is 7.25. The molecule has 6 heteroatoms. The molecule has 0 aromatic heterocycles. The first-order valence-corrected chi connectivity index (χ1v) is 12.4. The van der Waals surface area contributed by atoms with Gasteiger partial charge < -0.3 is 14.6 Å². The molecule has 5 nitrogen and oxygen atoms in total. The number of carbonyl (C=O) groups is 1. The second kappa shape index (κ2) is 10.3. The number of ketones is 1. The third-order valence-corrected chi connectivity index (χ3v) is 7.25. The van der Waals surface area contributed by atoms with Crippen LogP contribution in [0.25, 0.3) is 5.57 Å². The number of likely N-dealkylation sites (tertiary alicyclic amines) is 1. The number of Topliss-reactive ketones (excluding diaryl/α,β-unsaturated/α-hetero) is 1. The maximum absolute atomic E-state index is 12.6. The van der Waals surface area contributed by atoms with Crippen LogP contribution in [0.3, 0.4) is 0 Å². The summed E-state index contributed by atoms with van der Waals surface area (Å²) in [4.78, 5) is 14.1. The topological polar surface area (TPSA) is 59.0 Å². The molecule has 184 valence electrons. The van der Waals surface area contributed by atoms with Gasteiger partial charge in [0, 0.05) is 49.5 Å². The molecule has 0 radical (unpaired) electrons. The molecule has 1 N–H and O–H groups in total. The summed E-state index contributed by atoms with van der Waals surface area (Å²) in [6.45, 7) is 4.84. The van der Waals surface area contributed by atoms with Crippen LogP contribution in [-0.2, 0) is 11.4 Å². The minimum atomic E-state index is -0.283.